The van der Waals surface area contributed by atoms with Crippen molar-refractivity contribution < 1.29 is 9.47 Å². The van der Waals surface area contributed by atoms with Gasteiger partial charge in [-0.3, -0.25) is 4.90 Å². The van der Waals surface area contributed by atoms with Crippen LogP contribution in [0.15, 0.2) is 5.38 Å². The average molecular weight is 268 g/mol. The molecule has 1 saturated heterocycles. The third-order valence-electron chi connectivity index (χ3n) is 3.98. The van der Waals surface area contributed by atoms with Crippen LogP contribution in [-0.2, 0) is 16.0 Å². The zero-order valence-electron chi connectivity index (χ0n) is 11.0. The Morgan fingerprint density at radius 2 is 2.44 bits per heavy atom. The number of methoxy groups -OCH3 is 1. The van der Waals surface area contributed by atoms with Gasteiger partial charge in [0.25, 0.3) is 0 Å². The summed E-state index contributed by atoms with van der Waals surface area (Å²) in [5.74, 6) is 0. The third-order valence-corrected chi connectivity index (χ3v) is 4.80. The number of rotatable bonds is 3. The van der Waals surface area contributed by atoms with Crippen LogP contribution < -0.4 is 0 Å². The molecule has 2 bridgehead atoms. The summed E-state index contributed by atoms with van der Waals surface area (Å²) in [7, 11) is 1.80. The fourth-order valence-corrected chi connectivity index (χ4v) is 3.76. The molecule has 2 aliphatic rings. The minimum atomic E-state index is 0.229. The van der Waals surface area contributed by atoms with Crippen LogP contribution >= 0.6 is 11.3 Å². The number of fused-ring (bicyclic) bond motifs is 2. The van der Waals surface area contributed by atoms with Gasteiger partial charge in [-0.1, -0.05) is 0 Å². The Hall–Kier alpha value is -0.490. The second-order valence-electron chi connectivity index (χ2n) is 5.08. The van der Waals surface area contributed by atoms with Crippen LogP contribution in [0.1, 0.15) is 23.5 Å². The third kappa shape index (κ3) is 2.32. The van der Waals surface area contributed by atoms with Gasteiger partial charge in [0, 0.05) is 31.6 Å². The molecule has 5 heteroatoms. The monoisotopic (exact) mass is 268 g/mol. The van der Waals surface area contributed by atoms with Crippen molar-refractivity contribution in [1.82, 2.24) is 9.88 Å². The Bertz CT molecular complexity index is 409. The molecule has 100 valence electrons. The van der Waals surface area contributed by atoms with Crippen LogP contribution in [0.3, 0.4) is 0 Å². The number of hydrogen-bond acceptors (Lipinski definition) is 5. The lowest BCUT2D eigenvalue weighted by molar-refractivity contribution is -0.0326. The number of thiazole rings is 1. The highest BCUT2D eigenvalue weighted by molar-refractivity contribution is 7.09. The highest BCUT2D eigenvalue weighted by Crippen LogP contribution is 2.32. The molecule has 0 spiro atoms. The van der Waals surface area contributed by atoms with Gasteiger partial charge in [0.1, 0.15) is 0 Å². The summed E-state index contributed by atoms with van der Waals surface area (Å²) in [6.45, 7) is 4.77. The van der Waals surface area contributed by atoms with E-state index in [4.69, 9.17) is 9.47 Å². The van der Waals surface area contributed by atoms with Crippen LogP contribution in [-0.4, -0.2) is 48.4 Å². The summed E-state index contributed by atoms with van der Waals surface area (Å²) in [4.78, 5) is 7.05. The lowest BCUT2D eigenvalue weighted by Crippen LogP contribution is -2.42. The topological polar surface area (TPSA) is 34.6 Å². The first kappa shape index (κ1) is 12.5. The molecule has 1 aromatic rings. The summed E-state index contributed by atoms with van der Waals surface area (Å²) >= 11 is 1.72. The van der Waals surface area contributed by atoms with Crippen molar-refractivity contribution in [2.24, 2.45) is 0 Å². The molecule has 0 unspecified atom stereocenters. The van der Waals surface area contributed by atoms with Crippen LogP contribution in [0, 0.1) is 6.92 Å². The largest absolute Gasteiger partial charge is 0.377 e. The van der Waals surface area contributed by atoms with Gasteiger partial charge in [0.2, 0.25) is 0 Å². The van der Waals surface area contributed by atoms with E-state index in [1.54, 1.807) is 18.4 Å². The average Bonchev–Trinajstić information content (AvgIpc) is 2.87. The van der Waals surface area contributed by atoms with E-state index in [1.807, 2.05) is 0 Å². The summed E-state index contributed by atoms with van der Waals surface area (Å²) < 4.78 is 11.5. The first-order valence-corrected chi connectivity index (χ1v) is 7.45. The van der Waals surface area contributed by atoms with Gasteiger partial charge in [-0.15, -0.1) is 11.3 Å². The first-order valence-electron chi connectivity index (χ1n) is 6.57. The number of nitrogens with zero attached hydrogens (tertiary/aromatic N) is 2. The van der Waals surface area contributed by atoms with Gasteiger partial charge in [0.05, 0.1) is 29.5 Å². The minimum Gasteiger partial charge on any atom is -0.377 e. The number of ether oxygens (including phenoxy) is 2. The maximum absolute atomic E-state index is 5.89. The van der Waals surface area contributed by atoms with Crippen molar-refractivity contribution in [2.45, 2.75) is 44.6 Å². The van der Waals surface area contributed by atoms with E-state index in [2.05, 4.69) is 22.2 Å². The van der Waals surface area contributed by atoms with Gasteiger partial charge in [0.15, 0.2) is 0 Å². The molecular weight excluding hydrogens is 248 g/mol. The summed E-state index contributed by atoms with van der Waals surface area (Å²) in [6, 6.07) is 0.490. The minimum absolute atomic E-state index is 0.229. The highest BCUT2D eigenvalue weighted by Gasteiger charge is 2.42. The van der Waals surface area contributed by atoms with E-state index in [0.717, 1.165) is 31.1 Å². The molecule has 0 radical (unpaired) electrons. The van der Waals surface area contributed by atoms with Crippen molar-refractivity contribution in [3.63, 3.8) is 0 Å². The predicted octanol–water partition coefficient (Wildman–Crippen LogP) is 1.83. The Kier molecular flexibility index (Phi) is 3.66. The standard InChI is InChI=1S/C13H20N2O2S/c1-9-14-10(8-18-9)7-15-5-6-17-12-4-3-11(15)13(12)16-2/h8,11-13H,3-7H2,1-2H3/t11-,12-,13+/m1/s1. The molecule has 0 aromatic carbocycles. The highest BCUT2D eigenvalue weighted by atomic mass is 32.1. The van der Waals surface area contributed by atoms with Crippen LogP contribution in [0.4, 0.5) is 0 Å². The molecule has 3 atom stereocenters. The molecule has 1 aliphatic heterocycles. The van der Waals surface area contributed by atoms with Crippen molar-refractivity contribution in [1.29, 1.82) is 0 Å². The lowest BCUT2D eigenvalue weighted by atomic mass is 10.1. The number of aryl methyl sites for hydroxylation is 1. The van der Waals surface area contributed by atoms with Crippen molar-refractivity contribution in [2.75, 3.05) is 20.3 Å². The van der Waals surface area contributed by atoms with Crippen molar-refractivity contribution in [3.8, 4) is 0 Å². The van der Waals surface area contributed by atoms with Crippen molar-refractivity contribution in [3.05, 3.63) is 16.1 Å². The Labute approximate surface area is 112 Å². The van der Waals surface area contributed by atoms with Crippen LogP contribution in [0.5, 0.6) is 0 Å². The fraction of sp³-hybridized carbons (Fsp3) is 0.769. The second kappa shape index (κ2) is 5.25. The Morgan fingerprint density at radius 3 is 3.17 bits per heavy atom. The molecule has 0 N–H and O–H groups in total. The maximum Gasteiger partial charge on any atom is 0.0987 e. The number of aromatic nitrogens is 1. The molecule has 1 saturated carbocycles. The molecule has 3 rings (SSSR count). The molecule has 2 fully saturated rings. The van der Waals surface area contributed by atoms with Gasteiger partial charge < -0.3 is 9.47 Å². The smallest absolute Gasteiger partial charge is 0.0987 e. The van der Waals surface area contributed by atoms with E-state index in [-0.39, 0.29) is 6.10 Å². The van der Waals surface area contributed by atoms with E-state index < -0.39 is 0 Å². The predicted molar refractivity (Wildman–Crippen MR) is 70.8 cm³/mol. The lowest BCUT2D eigenvalue weighted by Gasteiger charge is -2.29. The van der Waals surface area contributed by atoms with E-state index in [0.29, 0.717) is 12.1 Å². The molecule has 18 heavy (non-hydrogen) atoms. The first-order chi connectivity index (χ1) is 8.78. The van der Waals surface area contributed by atoms with Gasteiger partial charge in [-0.25, -0.2) is 4.98 Å². The van der Waals surface area contributed by atoms with Crippen LogP contribution in [0.2, 0.25) is 0 Å². The zero-order chi connectivity index (χ0) is 12.5. The number of hydrogen-bond donors (Lipinski definition) is 0. The Morgan fingerprint density at radius 1 is 1.56 bits per heavy atom. The van der Waals surface area contributed by atoms with Gasteiger partial charge >= 0.3 is 0 Å². The summed E-state index contributed by atoms with van der Waals surface area (Å²) in [5, 5.41) is 3.30. The van der Waals surface area contributed by atoms with Crippen molar-refractivity contribution >= 4 is 11.3 Å². The van der Waals surface area contributed by atoms with E-state index in [9.17, 15) is 0 Å². The SMILES string of the molecule is CO[C@H]1[C@H]2CC[C@H]1OCCN2Cc1csc(C)n1. The molecule has 1 aliphatic carbocycles. The van der Waals surface area contributed by atoms with E-state index >= 15 is 0 Å². The zero-order valence-corrected chi connectivity index (χ0v) is 11.8. The molecular formula is C13H20N2O2S. The molecule has 1 aromatic heterocycles. The quantitative estimate of drug-likeness (QED) is 0.837. The maximum atomic E-state index is 5.89. The van der Waals surface area contributed by atoms with E-state index in [1.165, 1.54) is 12.1 Å². The van der Waals surface area contributed by atoms with Gasteiger partial charge in [-0.05, 0) is 19.8 Å². The Balaban J connectivity index is 1.74. The normalized spacial score (nSPS) is 32.7. The summed E-state index contributed by atoms with van der Waals surface area (Å²) in [6.07, 6.45) is 2.82. The molecule has 4 nitrogen and oxygen atoms in total. The summed E-state index contributed by atoms with van der Waals surface area (Å²) in [5.41, 5.74) is 1.18. The molecule has 0 amide bonds. The van der Waals surface area contributed by atoms with Gasteiger partial charge in [-0.2, -0.15) is 0 Å². The molecule has 2 heterocycles. The second-order valence-corrected chi connectivity index (χ2v) is 6.14. The van der Waals surface area contributed by atoms with Crippen LogP contribution in [0.25, 0.3) is 0 Å². The fourth-order valence-electron chi connectivity index (χ4n) is 3.16.